The normalized spacial score (nSPS) is 10.3. The molecule has 0 radical (unpaired) electrons. The number of hydrogen-bond acceptors (Lipinski definition) is 4. The van der Waals surface area contributed by atoms with Gasteiger partial charge < -0.3 is 10.5 Å². The Hall–Kier alpha value is -2.30. The zero-order valence-electron chi connectivity index (χ0n) is 10.3. The number of rotatable bonds is 5. The van der Waals surface area contributed by atoms with Crippen LogP contribution < -0.4 is 10.5 Å². The maximum Gasteiger partial charge on any atom is 0.134 e. The highest BCUT2D eigenvalue weighted by atomic mass is 16.5. The van der Waals surface area contributed by atoms with Gasteiger partial charge in [-0.3, -0.25) is 4.68 Å². The highest BCUT2D eigenvalue weighted by Gasteiger charge is 2.05. The van der Waals surface area contributed by atoms with Crippen LogP contribution >= 0.6 is 0 Å². The van der Waals surface area contributed by atoms with Crippen LogP contribution in [0.2, 0.25) is 0 Å². The fourth-order valence-corrected chi connectivity index (χ4v) is 1.67. The molecule has 0 aliphatic rings. The van der Waals surface area contributed by atoms with E-state index in [0.717, 1.165) is 29.1 Å². The van der Waals surface area contributed by atoms with Crippen molar-refractivity contribution in [2.45, 2.75) is 13.0 Å². The van der Waals surface area contributed by atoms with E-state index in [1.54, 1.807) is 4.68 Å². The topological polar surface area (TPSA) is 66.0 Å². The predicted molar refractivity (Wildman–Crippen MR) is 70.1 cm³/mol. The molecule has 5 nitrogen and oxygen atoms in total. The lowest BCUT2D eigenvalue weighted by Gasteiger charge is -2.09. The Bertz CT molecular complexity index is 548. The van der Waals surface area contributed by atoms with E-state index >= 15 is 0 Å². The summed E-state index contributed by atoms with van der Waals surface area (Å²) < 4.78 is 7.37. The maximum absolute atomic E-state index is 5.75. The predicted octanol–water partition coefficient (Wildman–Crippen LogP) is 1.70. The number of nitrogens with zero attached hydrogens (tertiary/aromatic N) is 3. The van der Waals surface area contributed by atoms with Gasteiger partial charge >= 0.3 is 0 Å². The number of nitrogen functional groups attached to an aromatic ring is 1. The number of nitrogens with two attached hydrogens (primary N) is 1. The summed E-state index contributed by atoms with van der Waals surface area (Å²) >= 11 is 0. The Labute approximate surface area is 106 Å². The SMILES string of the molecule is C=CCc1cc(N)ccc1OCc1cn(C)nn1. The zero-order chi connectivity index (χ0) is 13.0. The Kier molecular flexibility index (Phi) is 3.62. The first-order valence-corrected chi connectivity index (χ1v) is 5.66. The minimum Gasteiger partial charge on any atom is -0.487 e. The number of anilines is 1. The molecule has 0 fully saturated rings. The molecule has 0 aliphatic carbocycles. The molecule has 2 N–H and O–H groups in total. The molecule has 5 heteroatoms. The van der Waals surface area contributed by atoms with Crippen LogP contribution in [-0.4, -0.2) is 15.0 Å². The monoisotopic (exact) mass is 244 g/mol. The van der Waals surface area contributed by atoms with Gasteiger partial charge in [0.25, 0.3) is 0 Å². The third-order valence-corrected chi connectivity index (χ3v) is 2.47. The molecule has 0 saturated carbocycles. The number of allylic oxidation sites excluding steroid dienone is 1. The van der Waals surface area contributed by atoms with E-state index in [-0.39, 0.29) is 0 Å². The van der Waals surface area contributed by atoms with Gasteiger partial charge in [0.2, 0.25) is 0 Å². The van der Waals surface area contributed by atoms with Crippen LogP contribution in [0.25, 0.3) is 0 Å². The molecule has 1 aromatic carbocycles. The Balaban J connectivity index is 2.10. The van der Waals surface area contributed by atoms with E-state index in [4.69, 9.17) is 10.5 Å². The van der Waals surface area contributed by atoms with Crippen molar-refractivity contribution in [3.05, 3.63) is 48.3 Å². The largest absolute Gasteiger partial charge is 0.487 e. The van der Waals surface area contributed by atoms with Crippen LogP contribution in [0.4, 0.5) is 5.69 Å². The van der Waals surface area contributed by atoms with Crippen molar-refractivity contribution in [1.82, 2.24) is 15.0 Å². The Morgan fingerprint density at radius 3 is 3.00 bits per heavy atom. The van der Waals surface area contributed by atoms with Crippen LogP contribution in [0.1, 0.15) is 11.3 Å². The maximum atomic E-state index is 5.75. The summed E-state index contributed by atoms with van der Waals surface area (Å²) in [6, 6.07) is 5.58. The Morgan fingerprint density at radius 2 is 2.33 bits per heavy atom. The first kappa shape index (κ1) is 12.2. The number of ether oxygens (including phenoxy) is 1. The molecule has 0 spiro atoms. The van der Waals surface area contributed by atoms with Crippen molar-refractivity contribution in [3.8, 4) is 5.75 Å². The summed E-state index contributed by atoms with van der Waals surface area (Å²) in [6.07, 6.45) is 4.37. The minimum atomic E-state index is 0.391. The number of aromatic nitrogens is 3. The third-order valence-electron chi connectivity index (χ3n) is 2.47. The van der Waals surface area contributed by atoms with E-state index in [1.807, 2.05) is 37.5 Å². The van der Waals surface area contributed by atoms with E-state index in [0.29, 0.717) is 6.61 Å². The lowest BCUT2D eigenvalue weighted by atomic mass is 10.1. The highest BCUT2D eigenvalue weighted by Crippen LogP contribution is 2.23. The van der Waals surface area contributed by atoms with Gasteiger partial charge in [0.05, 0.1) is 6.20 Å². The van der Waals surface area contributed by atoms with E-state index in [2.05, 4.69) is 16.9 Å². The second kappa shape index (κ2) is 5.35. The molecule has 0 unspecified atom stereocenters. The average molecular weight is 244 g/mol. The van der Waals surface area contributed by atoms with Crippen molar-refractivity contribution in [1.29, 1.82) is 0 Å². The molecule has 0 bridgehead atoms. The van der Waals surface area contributed by atoms with Crippen LogP contribution in [0.3, 0.4) is 0 Å². The van der Waals surface area contributed by atoms with Crippen molar-refractivity contribution in [3.63, 3.8) is 0 Å². The van der Waals surface area contributed by atoms with Crippen molar-refractivity contribution < 1.29 is 4.74 Å². The lowest BCUT2D eigenvalue weighted by molar-refractivity contribution is 0.298. The number of benzene rings is 1. The molecule has 2 rings (SSSR count). The smallest absolute Gasteiger partial charge is 0.134 e. The first-order chi connectivity index (χ1) is 8.69. The van der Waals surface area contributed by atoms with Gasteiger partial charge in [-0.05, 0) is 30.2 Å². The fourth-order valence-electron chi connectivity index (χ4n) is 1.67. The first-order valence-electron chi connectivity index (χ1n) is 5.66. The molecule has 94 valence electrons. The molecule has 2 aromatic rings. The number of aryl methyl sites for hydroxylation is 1. The summed E-state index contributed by atoms with van der Waals surface area (Å²) in [5.74, 6) is 0.801. The summed E-state index contributed by atoms with van der Waals surface area (Å²) in [6.45, 7) is 4.12. The molecular weight excluding hydrogens is 228 g/mol. The minimum absolute atomic E-state index is 0.391. The average Bonchev–Trinajstić information content (AvgIpc) is 2.75. The summed E-state index contributed by atoms with van der Waals surface area (Å²) in [4.78, 5) is 0. The van der Waals surface area contributed by atoms with Crippen molar-refractivity contribution in [2.24, 2.45) is 7.05 Å². The van der Waals surface area contributed by atoms with Gasteiger partial charge in [-0.25, -0.2) is 0 Å². The zero-order valence-corrected chi connectivity index (χ0v) is 10.3. The molecule has 1 aromatic heterocycles. The van der Waals surface area contributed by atoms with Gasteiger partial charge in [0, 0.05) is 12.7 Å². The summed E-state index contributed by atoms with van der Waals surface area (Å²) in [5.41, 5.74) is 8.29. The van der Waals surface area contributed by atoms with Gasteiger partial charge in [0.15, 0.2) is 0 Å². The van der Waals surface area contributed by atoms with Gasteiger partial charge in [-0.15, -0.1) is 11.7 Å². The third kappa shape index (κ3) is 2.88. The van der Waals surface area contributed by atoms with Gasteiger partial charge in [0.1, 0.15) is 18.1 Å². The Morgan fingerprint density at radius 1 is 1.50 bits per heavy atom. The fraction of sp³-hybridized carbons (Fsp3) is 0.231. The van der Waals surface area contributed by atoms with Crippen molar-refractivity contribution >= 4 is 5.69 Å². The van der Waals surface area contributed by atoms with Crippen LogP contribution in [0.15, 0.2) is 37.1 Å². The van der Waals surface area contributed by atoms with Gasteiger partial charge in [-0.1, -0.05) is 11.3 Å². The second-order valence-corrected chi connectivity index (χ2v) is 4.03. The highest BCUT2D eigenvalue weighted by molar-refractivity contribution is 5.48. The van der Waals surface area contributed by atoms with Crippen molar-refractivity contribution in [2.75, 3.05) is 5.73 Å². The lowest BCUT2D eigenvalue weighted by Crippen LogP contribution is -1.99. The molecule has 0 aliphatic heterocycles. The van der Waals surface area contributed by atoms with Gasteiger partial charge in [-0.2, -0.15) is 0 Å². The van der Waals surface area contributed by atoms with Crippen LogP contribution in [0.5, 0.6) is 5.75 Å². The quantitative estimate of drug-likeness (QED) is 0.642. The second-order valence-electron chi connectivity index (χ2n) is 4.03. The summed E-state index contributed by atoms with van der Waals surface area (Å²) in [7, 11) is 1.82. The number of hydrogen-bond donors (Lipinski definition) is 1. The molecular formula is C13H16N4O. The molecule has 0 atom stereocenters. The van der Waals surface area contributed by atoms with Crippen LogP contribution in [0, 0.1) is 0 Å². The van der Waals surface area contributed by atoms with E-state index < -0.39 is 0 Å². The molecule has 18 heavy (non-hydrogen) atoms. The molecule has 0 saturated heterocycles. The standard InChI is InChI=1S/C13H16N4O/c1-3-4-10-7-11(14)5-6-13(10)18-9-12-8-17(2)16-15-12/h3,5-8H,1,4,9,14H2,2H3. The van der Waals surface area contributed by atoms with Crippen LogP contribution in [-0.2, 0) is 20.1 Å². The molecule has 0 amide bonds. The van der Waals surface area contributed by atoms with E-state index in [1.165, 1.54) is 0 Å². The van der Waals surface area contributed by atoms with E-state index in [9.17, 15) is 0 Å². The molecule has 1 heterocycles. The summed E-state index contributed by atoms with van der Waals surface area (Å²) in [5, 5.41) is 7.82.